The Balaban J connectivity index is 1.04. The van der Waals surface area contributed by atoms with Gasteiger partial charge in [-0.1, -0.05) is 152 Å². The molecule has 0 bridgehead atoms. The molecule has 2 nitrogen and oxygen atoms in total. The average Bonchev–Trinajstić information content (AvgIpc) is 3.29. The second-order valence-corrected chi connectivity index (χ2v) is 14.1. The molecule has 268 valence electrons. The lowest BCUT2D eigenvalue weighted by Gasteiger charge is -2.26. The molecule has 8 aromatic rings. The zero-order valence-electron chi connectivity index (χ0n) is 31.2. The van der Waals surface area contributed by atoms with Crippen LogP contribution < -0.4 is 9.80 Å². The molecule has 0 aromatic heterocycles. The molecule has 2 heteroatoms. The van der Waals surface area contributed by atoms with Gasteiger partial charge in [0.25, 0.3) is 0 Å². The van der Waals surface area contributed by atoms with Gasteiger partial charge in [0.2, 0.25) is 0 Å². The zero-order valence-corrected chi connectivity index (χ0v) is 31.2. The molecule has 9 rings (SSSR count). The number of nitrogens with zero attached hydrogens (tertiary/aromatic N) is 2. The molecule has 0 saturated carbocycles. The number of hydrogen-bond donors (Lipinski definition) is 0. The first-order valence-corrected chi connectivity index (χ1v) is 19.4. The van der Waals surface area contributed by atoms with E-state index in [-0.39, 0.29) is 0 Å². The van der Waals surface area contributed by atoms with Gasteiger partial charge in [0, 0.05) is 34.1 Å². The Morgan fingerprint density at radius 1 is 0.268 bits per heavy atom. The Kier molecular flexibility index (Phi) is 9.92. The second kappa shape index (κ2) is 16.1. The van der Waals surface area contributed by atoms with Crippen LogP contribution in [-0.4, -0.2) is 0 Å². The standard InChI is InChI=1S/C54H42N2/c1-5-16-41(17-6-1)43-30-34-51(35-31-43)55(49-24-9-3-10-25-49)53-28-14-22-47(39-53)45-20-13-21-46(38-45)48-23-15-29-54(40-48)56(50-26-11-4-12-27-50)52-36-32-44(33-37-52)42-18-7-2-8-19-42/h1,3-7,9-40H,2,8H2. The van der Waals surface area contributed by atoms with Gasteiger partial charge in [0.05, 0.1) is 0 Å². The summed E-state index contributed by atoms with van der Waals surface area (Å²) in [5.41, 5.74) is 16.3. The molecule has 0 unspecified atom stereocenters. The molecule has 0 amide bonds. The van der Waals surface area contributed by atoms with E-state index in [1.807, 2.05) is 0 Å². The molecule has 0 heterocycles. The average molecular weight is 719 g/mol. The molecule has 1 aliphatic carbocycles. The monoisotopic (exact) mass is 718 g/mol. The van der Waals surface area contributed by atoms with Crippen LogP contribution in [0.4, 0.5) is 34.1 Å². The first-order chi connectivity index (χ1) is 27.8. The summed E-state index contributed by atoms with van der Waals surface area (Å²) in [6.45, 7) is 0. The largest absolute Gasteiger partial charge is 0.310 e. The summed E-state index contributed by atoms with van der Waals surface area (Å²) in [4.78, 5) is 4.68. The maximum Gasteiger partial charge on any atom is 0.0467 e. The number of hydrogen-bond acceptors (Lipinski definition) is 2. The van der Waals surface area contributed by atoms with Gasteiger partial charge in [-0.2, -0.15) is 0 Å². The lowest BCUT2D eigenvalue weighted by Crippen LogP contribution is -2.10. The molecule has 0 fully saturated rings. The van der Waals surface area contributed by atoms with Gasteiger partial charge in [-0.3, -0.25) is 0 Å². The molecule has 0 atom stereocenters. The van der Waals surface area contributed by atoms with Gasteiger partial charge in [0.15, 0.2) is 0 Å². The summed E-state index contributed by atoms with van der Waals surface area (Å²) in [6, 6.07) is 76.3. The Labute approximate surface area is 330 Å². The quantitative estimate of drug-likeness (QED) is 0.139. The summed E-state index contributed by atoms with van der Waals surface area (Å²) in [5.74, 6) is 0. The van der Waals surface area contributed by atoms with Crippen molar-refractivity contribution in [3.05, 3.63) is 236 Å². The van der Waals surface area contributed by atoms with Crippen molar-refractivity contribution in [3.63, 3.8) is 0 Å². The minimum Gasteiger partial charge on any atom is -0.310 e. The highest BCUT2D eigenvalue weighted by atomic mass is 15.1. The number of para-hydroxylation sites is 2. The highest BCUT2D eigenvalue weighted by Gasteiger charge is 2.16. The number of anilines is 6. The van der Waals surface area contributed by atoms with Crippen molar-refractivity contribution in [1.29, 1.82) is 0 Å². The molecule has 8 aromatic carbocycles. The van der Waals surface area contributed by atoms with E-state index in [0.29, 0.717) is 0 Å². The van der Waals surface area contributed by atoms with Crippen LogP contribution >= 0.6 is 0 Å². The lowest BCUT2D eigenvalue weighted by molar-refractivity contribution is 1.04. The van der Waals surface area contributed by atoms with Crippen molar-refractivity contribution in [2.24, 2.45) is 0 Å². The van der Waals surface area contributed by atoms with E-state index in [2.05, 4.69) is 240 Å². The highest BCUT2D eigenvalue weighted by Crippen LogP contribution is 2.40. The van der Waals surface area contributed by atoms with Crippen LogP contribution in [0.1, 0.15) is 18.4 Å². The van der Waals surface area contributed by atoms with E-state index in [1.165, 1.54) is 39.0 Å². The first kappa shape index (κ1) is 34.6. The topological polar surface area (TPSA) is 6.48 Å². The van der Waals surface area contributed by atoms with Crippen molar-refractivity contribution < 1.29 is 0 Å². The zero-order chi connectivity index (χ0) is 37.5. The van der Waals surface area contributed by atoms with Crippen LogP contribution in [0.5, 0.6) is 0 Å². The molecule has 0 saturated heterocycles. The molecule has 56 heavy (non-hydrogen) atoms. The van der Waals surface area contributed by atoms with Crippen molar-refractivity contribution in [2.75, 3.05) is 9.80 Å². The normalized spacial score (nSPS) is 12.2. The van der Waals surface area contributed by atoms with Gasteiger partial charge in [0.1, 0.15) is 0 Å². The summed E-state index contributed by atoms with van der Waals surface area (Å²) in [5, 5.41) is 0. The van der Waals surface area contributed by atoms with Gasteiger partial charge < -0.3 is 9.80 Å². The highest BCUT2D eigenvalue weighted by molar-refractivity contribution is 5.85. The molecule has 0 radical (unpaired) electrons. The predicted molar refractivity (Wildman–Crippen MR) is 238 cm³/mol. The number of benzene rings is 8. The van der Waals surface area contributed by atoms with E-state index in [1.54, 1.807) is 0 Å². The molecular weight excluding hydrogens is 677 g/mol. The Morgan fingerprint density at radius 2 is 0.643 bits per heavy atom. The van der Waals surface area contributed by atoms with Crippen LogP contribution in [0.2, 0.25) is 0 Å². The van der Waals surface area contributed by atoms with Crippen LogP contribution in [0.25, 0.3) is 39.0 Å². The van der Waals surface area contributed by atoms with E-state index in [4.69, 9.17) is 0 Å². The van der Waals surface area contributed by atoms with Gasteiger partial charge in [-0.15, -0.1) is 0 Å². The lowest BCUT2D eigenvalue weighted by atomic mass is 9.97. The van der Waals surface area contributed by atoms with Crippen molar-refractivity contribution in [2.45, 2.75) is 12.8 Å². The molecule has 0 spiro atoms. The smallest absolute Gasteiger partial charge is 0.0467 e. The number of allylic oxidation sites excluding steroid dienone is 4. The minimum atomic E-state index is 1.10. The van der Waals surface area contributed by atoms with Crippen molar-refractivity contribution in [1.82, 2.24) is 0 Å². The third-order valence-corrected chi connectivity index (χ3v) is 10.5. The van der Waals surface area contributed by atoms with E-state index in [0.717, 1.165) is 52.5 Å². The van der Waals surface area contributed by atoms with Crippen LogP contribution in [0.3, 0.4) is 0 Å². The Morgan fingerprint density at radius 3 is 1.12 bits per heavy atom. The first-order valence-electron chi connectivity index (χ1n) is 19.4. The van der Waals surface area contributed by atoms with Crippen LogP contribution in [0, 0.1) is 0 Å². The SMILES string of the molecule is C1=CC(c2ccc(N(c3ccccc3)c3cccc(-c4cccc(-c5cccc(N(c6ccccc6)c6ccc(-c7ccccc7)cc6)c5)c4)c3)cc2)=CCC1. The molecule has 0 aliphatic heterocycles. The minimum absolute atomic E-state index is 1.10. The Hall–Kier alpha value is -7.16. The summed E-state index contributed by atoms with van der Waals surface area (Å²) >= 11 is 0. The third kappa shape index (κ3) is 7.46. The number of rotatable bonds is 10. The summed E-state index contributed by atoms with van der Waals surface area (Å²) < 4.78 is 0. The predicted octanol–water partition coefficient (Wildman–Crippen LogP) is 15.4. The van der Waals surface area contributed by atoms with Gasteiger partial charge in [-0.05, 0) is 136 Å². The summed E-state index contributed by atoms with van der Waals surface area (Å²) in [7, 11) is 0. The van der Waals surface area contributed by atoms with E-state index >= 15 is 0 Å². The maximum atomic E-state index is 2.34. The fourth-order valence-electron chi connectivity index (χ4n) is 7.64. The fraction of sp³-hybridized carbons (Fsp3) is 0.0370. The van der Waals surface area contributed by atoms with Crippen LogP contribution in [-0.2, 0) is 0 Å². The van der Waals surface area contributed by atoms with Crippen LogP contribution in [0.15, 0.2) is 231 Å². The Bertz CT molecular complexity index is 2610. The third-order valence-electron chi connectivity index (χ3n) is 10.5. The van der Waals surface area contributed by atoms with E-state index in [9.17, 15) is 0 Å². The van der Waals surface area contributed by atoms with Crippen molar-refractivity contribution >= 4 is 39.7 Å². The molecule has 0 N–H and O–H groups in total. The van der Waals surface area contributed by atoms with Gasteiger partial charge >= 0.3 is 0 Å². The maximum absolute atomic E-state index is 2.34. The summed E-state index contributed by atoms with van der Waals surface area (Å²) in [6.07, 6.45) is 9.06. The fourth-order valence-corrected chi connectivity index (χ4v) is 7.64. The van der Waals surface area contributed by atoms with E-state index < -0.39 is 0 Å². The molecule has 1 aliphatic rings. The van der Waals surface area contributed by atoms with Gasteiger partial charge in [-0.25, -0.2) is 0 Å². The second-order valence-electron chi connectivity index (χ2n) is 14.1. The molecular formula is C54H42N2. The van der Waals surface area contributed by atoms with Crippen molar-refractivity contribution in [3.8, 4) is 33.4 Å².